The molecule has 3 nitrogen and oxygen atoms in total. The van der Waals surface area contributed by atoms with E-state index in [1.54, 1.807) is 25.7 Å². The third-order valence-electron chi connectivity index (χ3n) is 3.43. The molecule has 1 aliphatic rings. The number of nitrogens with zero attached hydrogens (tertiary/aromatic N) is 2. The van der Waals surface area contributed by atoms with Crippen LogP contribution >= 0.6 is 0 Å². The Morgan fingerprint density at radius 2 is 1.74 bits per heavy atom. The summed E-state index contributed by atoms with van der Waals surface area (Å²) in [5.41, 5.74) is -1.91. The quantitative estimate of drug-likeness (QED) is 0.738. The van der Waals surface area contributed by atoms with Crippen molar-refractivity contribution < 1.29 is 18.0 Å². The van der Waals surface area contributed by atoms with Gasteiger partial charge in [-0.1, -0.05) is 20.8 Å². The zero-order valence-corrected chi connectivity index (χ0v) is 11.5. The minimum atomic E-state index is -4.34. The van der Waals surface area contributed by atoms with Gasteiger partial charge in [0.25, 0.3) is 0 Å². The maximum atomic E-state index is 12.5. The first-order valence-electron chi connectivity index (χ1n) is 6.26. The van der Waals surface area contributed by atoms with Crippen LogP contribution < -0.4 is 0 Å². The second kappa shape index (κ2) is 5.03. The lowest BCUT2D eigenvalue weighted by Gasteiger charge is -2.39. The predicted octanol–water partition coefficient (Wildman–Crippen LogP) is 3.12. The number of nitriles is 1. The molecule has 0 aliphatic carbocycles. The van der Waals surface area contributed by atoms with E-state index in [0.29, 0.717) is 0 Å². The third-order valence-corrected chi connectivity index (χ3v) is 3.43. The summed E-state index contributed by atoms with van der Waals surface area (Å²) in [6.45, 7) is 5.77. The zero-order chi connectivity index (χ0) is 14.9. The molecule has 0 unspecified atom stereocenters. The number of likely N-dealkylation sites (tertiary alicyclic amines) is 1. The van der Waals surface area contributed by atoms with Gasteiger partial charge < -0.3 is 4.90 Å². The molecular formula is C13H19F3N2O. The fraction of sp³-hybridized carbons (Fsp3) is 0.846. The average Bonchev–Trinajstić information content (AvgIpc) is 2.26. The smallest absolute Gasteiger partial charge is 0.342 e. The molecule has 0 spiro atoms. The van der Waals surface area contributed by atoms with Crippen molar-refractivity contribution in [1.82, 2.24) is 4.90 Å². The van der Waals surface area contributed by atoms with Crippen LogP contribution in [0.15, 0.2) is 0 Å². The van der Waals surface area contributed by atoms with Gasteiger partial charge in [0.15, 0.2) is 0 Å². The molecule has 1 fully saturated rings. The number of piperidine rings is 1. The van der Waals surface area contributed by atoms with Gasteiger partial charge in [0.05, 0.1) is 17.9 Å². The van der Waals surface area contributed by atoms with Crippen molar-refractivity contribution in [3.05, 3.63) is 0 Å². The Bertz CT molecular complexity index is 382. The molecule has 0 N–H and O–H groups in total. The van der Waals surface area contributed by atoms with Crippen molar-refractivity contribution in [2.45, 2.75) is 46.2 Å². The van der Waals surface area contributed by atoms with Crippen LogP contribution in [0.3, 0.4) is 0 Å². The highest BCUT2D eigenvalue weighted by molar-refractivity contribution is 5.81. The van der Waals surface area contributed by atoms with Crippen molar-refractivity contribution in [1.29, 1.82) is 5.26 Å². The summed E-state index contributed by atoms with van der Waals surface area (Å²) in [7, 11) is 0. The van der Waals surface area contributed by atoms with Crippen LogP contribution in [0.25, 0.3) is 0 Å². The highest BCUT2D eigenvalue weighted by Gasteiger charge is 2.45. The van der Waals surface area contributed by atoms with Crippen LogP contribution in [-0.4, -0.2) is 30.1 Å². The second-order valence-electron chi connectivity index (χ2n) is 6.23. The first kappa shape index (κ1) is 15.8. The van der Waals surface area contributed by atoms with Gasteiger partial charge in [-0.25, -0.2) is 0 Å². The van der Waals surface area contributed by atoms with E-state index in [0.717, 1.165) is 0 Å². The first-order chi connectivity index (χ1) is 8.49. The summed E-state index contributed by atoms with van der Waals surface area (Å²) in [6.07, 6.45) is -5.25. The largest absolute Gasteiger partial charge is 0.390 e. The Morgan fingerprint density at radius 1 is 1.26 bits per heavy atom. The summed E-state index contributed by atoms with van der Waals surface area (Å²) in [5.74, 6) is -0.0777. The van der Waals surface area contributed by atoms with Gasteiger partial charge in [-0.15, -0.1) is 0 Å². The van der Waals surface area contributed by atoms with Crippen LogP contribution in [0.2, 0.25) is 0 Å². The van der Waals surface area contributed by atoms with E-state index >= 15 is 0 Å². The Kier molecular flexibility index (Phi) is 4.18. The van der Waals surface area contributed by atoms with Crippen molar-refractivity contribution in [2.75, 3.05) is 13.1 Å². The highest BCUT2D eigenvalue weighted by Crippen LogP contribution is 2.41. The lowest BCUT2D eigenvalue weighted by Crippen LogP contribution is -2.47. The van der Waals surface area contributed by atoms with Crippen LogP contribution in [0.5, 0.6) is 0 Å². The van der Waals surface area contributed by atoms with Crippen molar-refractivity contribution in [2.24, 2.45) is 10.8 Å². The lowest BCUT2D eigenvalue weighted by molar-refractivity contribution is -0.159. The number of rotatable bonds is 1. The topological polar surface area (TPSA) is 44.1 Å². The average molecular weight is 276 g/mol. The van der Waals surface area contributed by atoms with Gasteiger partial charge in [0, 0.05) is 18.5 Å². The molecule has 0 radical (unpaired) electrons. The van der Waals surface area contributed by atoms with Crippen molar-refractivity contribution in [3.8, 4) is 6.07 Å². The minimum Gasteiger partial charge on any atom is -0.342 e. The summed E-state index contributed by atoms with van der Waals surface area (Å²) < 4.78 is 37.5. The van der Waals surface area contributed by atoms with Crippen LogP contribution in [0, 0.1) is 22.2 Å². The van der Waals surface area contributed by atoms with E-state index in [-0.39, 0.29) is 31.8 Å². The Balaban J connectivity index is 2.71. The SMILES string of the molecule is CC(C)(C)C(=O)N1CCC(C#N)(CC(F)(F)F)CC1. The van der Waals surface area contributed by atoms with Crippen LogP contribution in [0.1, 0.15) is 40.0 Å². The van der Waals surface area contributed by atoms with E-state index in [2.05, 4.69) is 0 Å². The van der Waals surface area contributed by atoms with Gasteiger partial charge in [-0.3, -0.25) is 4.79 Å². The van der Waals surface area contributed by atoms with E-state index in [1.807, 2.05) is 6.07 Å². The molecule has 1 rings (SSSR count). The number of carbonyl (C=O) groups is 1. The molecule has 0 aromatic rings. The van der Waals surface area contributed by atoms with E-state index in [9.17, 15) is 18.0 Å². The van der Waals surface area contributed by atoms with Gasteiger partial charge in [0.1, 0.15) is 0 Å². The number of amides is 1. The van der Waals surface area contributed by atoms with Gasteiger partial charge in [0.2, 0.25) is 5.91 Å². The molecule has 0 aromatic carbocycles. The molecule has 1 amide bonds. The molecule has 0 aromatic heterocycles. The molecular weight excluding hydrogens is 257 g/mol. The molecule has 1 aliphatic heterocycles. The summed E-state index contributed by atoms with van der Waals surface area (Å²) in [4.78, 5) is 13.6. The van der Waals surface area contributed by atoms with Crippen molar-refractivity contribution in [3.63, 3.8) is 0 Å². The number of carbonyl (C=O) groups excluding carboxylic acids is 1. The Hall–Kier alpha value is -1.25. The first-order valence-corrected chi connectivity index (χ1v) is 6.26. The van der Waals surface area contributed by atoms with Crippen LogP contribution in [0.4, 0.5) is 13.2 Å². The van der Waals surface area contributed by atoms with E-state index in [1.165, 1.54) is 0 Å². The normalized spacial score (nSPS) is 19.9. The predicted molar refractivity (Wildman–Crippen MR) is 64.0 cm³/mol. The summed E-state index contributed by atoms with van der Waals surface area (Å²) in [5, 5.41) is 9.04. The third kappa shape index (κ3) is 4.12. The number of halogens is 3. The fourth-order valence-corrected chi connectivity index (χ4v) is 2.32. The maximum absolute atomic E-state index is 12.5. The molecule has 0 saturated carbocycles. The summed E-state index contributed by atoms with van der Waals surface area (Å²) >= 11 is 0. The molecule has 1 saturated heterocycles. The highest BCUT2D eigenvalue weighted by atomic mass is 19.4. The summed E-state index contributed by atoms with van der Waals surface area (Å²) in [6, 6.07) is 1.81. The van der Waals surface area contributed by atoms with Gasteiger partial charge in [-0.2, -0.15) is 18.4 Å². The molecule has 1 heterocycles. The zero-order valence-electron chi connectivity index (χ0n) is 11.5. The molecule has 0 bridgehead atoms. The van der Waals surface area contributed by atoms with Gasteiger partial charge >= 0.3 is 6.18 Å². The monoisotopic (exact) mass is 276 g/mol. The van der Waals surface area contributed by atoms with E-state index < -0.39 is 23.4 Å². The van der Waals surface area contributed by atoms with E-state index in [4.69, 9.17) is 5.26 Å². The second-order valence-corrected chi connectivity index (χ2v) is 6.23. The fourth-order valence-electron chi connectivity index (χ4n) is 2.32. The maximum Gasteiger partial charge on any atom is 0.390 e. The van der Waals surface area contributed by atoms with Crippen molar-refractivity contribution >= 4 is 5.91 Å². The lowest BCUT2D eigenvalue weighted by atomic mass is 9.76. The van der Waals surface area contributed by atoms with Gasteiger partial charge in [-0.05, 0) is 12.8 Å². The Labute approximate surface area is 111 Å². The number of hydrogen-bond donors (Lipinski definition) is 0. The molecule has 6 heteroatoms. The van der Waals surface area contributed by atoms with Crippen LogP contribution in [-0.2, 0) is 4.79 Å². The Morgan fingerprint density at radius 3 is 2.05 bits per heavy atom. The standard InChI is InChI=1S/C13H19F3N2O/c1-11(2,3)10(19)18-6-4-12(9-17,5-7-18)8-13(14,15)16/h4-8H2,1-3H3. The molecule has 108 valence electrons. The molecule has 19 heavy (non-hydrogen) atoms. The number of alkyl halides is 3. The molecule has 0 atom stereocenters. The number of hydrogen-bond acceptors (Lipinski definition) is 2. The minimum absolute atomic E-state index is 0.0777.